The van der Waals surface area contributed by atoms with E-state index in [9.17, 15) is 9.59 Å². The zero-order valence-electron chi connectivity index (χ0n) is 13.7. The van der Waals surface area contributed by atoms with E-state index < -0.39 is 5.97 Å². The first-order valence-electron chi connectivity index (χ1n) is 7.65. The number of carbonyl (C=O) groups is 1. The van der Waals surface area contributed by atoms with E-state index in [0.717, 1.165) is 5.56 Å². The van der Waals surface area contributed by atoms with Crippen LogP contribution >= 0.6 is 35.0 Å². The summed E-state index contributed by atoms with van der Waals surface area (Å²) in [6.45, 7) is 1.80. The average Bonchev–Trinajstić information content (AvgIpc) is 2.61. The Kier molecular flexibility index (Phi) is 5.86. The molecular formula is C18H14Cl2N2O3S. The lowest BCUT2D eigenvalue weighted by Crippen LogP contribution is -2.17. The summed E-state index contributed by atoms with van der Waals surface area (Å²) in [4.78, 5) is 29.2. The predicted molar refractivity (Wildman–Crippen MR) is 103 cm³/mol. The normalized spacial score (nSPS) is 10.9. The molecule has 5 nitrogen and oxygen atoms in total. The molecule has 0 spiro atoms. The van der Waals surface area contributed by atoms with Crippen LogP contribution in [0.4, 0.5) is 0 Å². The van der Waals surface area contributed by atoms with Crippen molar-refractivity contribution in [1.82, 2.24) is 9.38 Å². The average molecular weight is 409 g/mol. The molecule has 0 aliphatic heterocycles. The number of thioether (sulfide) groups is 1. The van der Waals surface area contributed by atoms with Crippen LogP contribution < -0.4 is 5.56 Å². The SMILES string of the molecule is Cc1cccn2c(=O)cc(COC(=O)CSc3cc(Cl)ccc3Cl)nc12. The Morgan fingerprint density at radius 3 is 2.88 bits per heavy atom. The van der Waals surface area contributed by atoms with Gasteiger partial charge in [-0.25, -0.2) is 4.98 Å². The minimum atomic E-state index is -0.433. The number of hydrogen-bond donors (Lipinski definition) is 0. The number of pyridine rings is 1. The largest absolute Gasteiger partial charge is 0.459 e. The first kappa shape index (κ1) is 18.8. The van der Waals surface area contributed by atoms with Crippen molar-refractivity contribution in [3.05, 3.63) is 74.3 Å². The molecule has 134 valence electrons. The summed E-state index contributed by atoms with van der Waals surface area (Å²) in [7, 11) is 0. The van der Waals surface area contributed by atoms with Crippen LogP contribution in [0.1, 0.15) is 11.3 Å². The summed E-state index contributed by atoms with van der Waals surface area (Å²) in [6, 6.07) is 10.0. The topological polar surface area (TPSA) is 60.7 Å². The fraction of sp³-hybridized carbons (Fsp3) is 0.167. The van der Waals surface area contributed by atoms with Crippen LogP contribution in [0.2, 0.25) is 10.0 Å². The van der Waals surface area contributed by atoms with Gasteiger partial charge in [0, 0.05) is 22.2 Å². The highest BCUT2D eigenvalue weighted by molar-refractivity contribution is 8.00. The lowest BCUT2D eigenvalue weighted by molar-refractivity contribution is -0.141. The molecule has 26 heavy (non-hydrogen) atoms. The van der Waals surface area contributed by atoms with Crippen LogP contribution in [0, 0.1) is 6.92 Å². The summed E-state index contributed by atoms with van der Waals surface area (Å²) < 4.78 is 6.67. The number of aryl methyl sites for hydroxylation is 1. The van der Waals surface area contributed by atoms with Crippen LogP contribution in [0.5, 0.6) is 0 Å². The first-order chi connectivity index (χ1) is 12.4. The molecule has 0 fully saturated rings. The number of aromatic nitrogens is 2. The van der Waals surface area contributed by atoms with Crippen molar-refractivity contribution < 1.29 is 9.53 Å². The quantitative estimate of drug-likeness (QED) is 0.468. The molecular weight excluding hydrogens is 395 g/mol. The molecule has 1 aromatic carbocycles. The molecule has 0 bridgehead atoms. The Morgan fingerprint density at radius 1 is 1.27 bits per heavy atom. The highest BCUT2D eigenvalue weighted by atomic mass is 35.5. The zero-order valence-corrected chi connectivity index (χ0v) is 16.1. The van der Waals surface area contributed by atoms with Gasteiger partial charge in [-0.15, -0.1) is 11.8 Å². The lowest BCUT2D eigenvalue weighted by Gasteiger charge is -2.08. The van der Waals surface area contributed by atoms with Crippen LogP contribution in [-0.4, -0.2) is 21.1 Å². The Morgan fingerprint density at radius 2 is 2.08 bits per heavy atom. The summed E-state index contributed by atoms with van der Waals surface area (Å²) >= 11 is 13.2. The Labute approximate surface area is 163 Å². The number of fused-ring (bicyclic) bond motifs is 1. The monoisotopic (exact) mass is 408 g/mol. The van der Waals surface area contributed by atoms with E-state index >= 15 is 0 Å². The molecule has 2 heterocycles. The van der Waals surface area contributed by atoms with Crippen LogP contribution in [0.25, 0.3) is 5.65 Å². The highest BCUT2D eigenvalue weighted by Gasteiger charge is 2.10. The predicted octanol–water partition coefficient (Wildman–Crippen LogP) is 4.15. The second kappa shape index (κ2) is 8.12. The van der Waals surface area contributed by atoms with Gasteiger partial charge >= 0.3 is 5.97 Å². The Bertz CT molecular complexity index is 1040. The maximum atomic E-state index is 12.1. The fourth-order valence-corrected chi connectivity index (χ4v) is 3.59. The van der Waals surface area contributed by atoms with E-state index in [1.165, 1.54) is 22.2 Å². The third-order valence-electron chi connectivity index (χ3n) is 3.56. The number of benzene rings is 1. The Hall–Kier alpha value is -2.02. The van der Waals surface area contributed by atoms with Crippen molar-refractivity contribution in [2.75, 3.05) is 5.75 Å². The minimum absolute atomic E-state index is 0.0667. The maximum Gasteiger partial charge on any atom is 0.316 e. The molecule has 2 aromatic heterocycles. The summed E-state index contributed by atoms with van der Waals surface area (Å²) in [5, 5.41) is 1.06. The van der Waals surface area contributed by atoms with Gasteiger partial charge in [0.25, 0.3) is 5.56 Å². The standard InChI is InChI=1S/C18H14Cl2N2O3S/c1-11-3-2-6-22-16(23)8-13(21-18(11)22)9-25-17(24)10-26-15-7-12(19)4-5-14(15)20/h2-8H,9-10H2,1H3. The molecule has 0 amide bonds. The smallest absolute Gasteiger partial charge is 0.316 e. The molecule has 3 rings (SSSR count). The van der Waals surface area contributed by atoms with Crippen molar-refractivity contribution >= 4 is 46.6 Å². The fourth-order valence-electron chi connectivity index (χ4n) is 2.30. The molecule has 0 aliphatic rings. The third kappa shape index (κ3) is 4.38. The second-order valence-electron chi connectivity index (χ2n) is 5.49. The number of carbonyl (C=O) groups excluding carboxylic acids is 1. The van der Waals surface area contributed by atoms with E-state index in [-0.39, 0.29) is 17.9 Å². The summed E-state index contributed by atoms with van der Waals surface area (Å²) in [6.07, 6.45) is 1.65. The van der Waals surface area contributed by atoms with Crippen molar-refractivity contribution in [1.29, 1.82) is 0 Å². The molecule has 0 aliphatic carbocycles. The number of nitrogens with zero attached hydrogens (tertiary/aromatic N) is 2. The van der Waals surface area contributed by atoms with E-state index in [1.54, 1.807) is 30.5 Å². The van der Waals surface area contributed by atoms with Gasteiger partial charge in [0.1, 0.15) is 12.3 Å². The van der Waals surface area contributed by atoms with Gasteiger partial charge < -0.3 is 4.74 Å². The van der Waals surface area contributed by atoms with Crippen molar-refractivity contribution in [3.8, 4) is 0 Å². The molecule has 3 aromatic rings. The Balaban J connectivity index is 1.64. The van der Waals surface area contributed by atoms with Crippen LogP contribution in [0.3, 0.4) is 0 Å². The number of ether oxygens (including phenoxy) is 1. The van der Waals surface area contributed by atoms with Gasteiger partial charge in [-0.3, -0.25) is 14.0 Å². The maximum absolute atomic E-state index is 12.1. The molecule has 8 heteroatoms. The van der Waals surface area contributed by atoms with Crippen molar-refractivity contribution in [2.45, 2.75) is 18.4 Å². The number of esters is 1. The van der Waals surface area contributed by atoms with Gasteiger partial charge in [0.2, 0.25) is 0 Å². The second-order valence-corrected chi connectivity index (χ2v) is 7.36. The molecule has 0 N–H and O–H groups in total. The van der Waals surface area contributed by atoms with E-state index in [1.807, 2.05) is 13.0 Å². The number of halogens is 2. The third-order valence-corrected chi connectivity index (χ3v) is 5.26. The van der Waals surface area contributed by atoms with E-state index in [0.29, 0.717) is 26.3 Å². The zero-order chi connectivity index (χ0) is 18.7. The van der Waals surface area contributed by atoms with Crippen molar-refractivity contribution in [2.24, 2.45) is 0 Å². The van der Waals surface area contributed by atoms with E-state index in [2.05, 4.69) is 4.98 Å². The lowest BCUT2D eigenvalue weighted by atomic mass is 10.3. The first-order valence-corrected chi connectivity index (χ1v) is 9.39. The molecule has 0 unspecified atom stereocenters. The molecule has 0 saturated heterocycles. The molecule has 0 atom stereocenters. The molecule has 0 saturated carbocycles. The van der Waals surface area contributed by atoms with Crippen LogP contribution in [-0.2, 0) is 16.1 Å². The van der Waals surface area contributed by atoms with Crippen LogP contribution in [0.15, 0.2) is 52.3 Å². The van der Waals surface area contributed by atoms with E-state index in [4.69, 9.17) is 27.9 Å². The summed E-state index contributed by atoms with van der Waals surface area (Å²) in [5.74, 6) is -0.358. The molecule has 0 radical (unpaired) electrons. The number of hydrogen-bond acceptors (Lipinski definition) is 5. The minimum Gasteiger partial charge on any atom is -0.459 e. The highest BCUT2D eigenvalue weighted by Crippen LogP contribution is 2.29. The van der Waals surface area contributed by atoms with Gasteiger partial charge in [-0.1, -0.05) is 29.3 Å². The van der Waals surface area contributed by atoms with Gasteiger partial charge in [-0.05, 0) is 36.8 Å². The van der Waals surface area contributed by atoms with Gasteiger partial charge in [-0.2, -0.15) is 0 Å². The van der Waals surface area contributed by atoms with Crippen molar-refractivity contribution in [3.63, 3.8) is 0 Å². The van der Waals surface area contributed by atoms with Gasteiger partial charge in [0.05, 0.1) is 16.5 Å². The van der Waals surface area contributed by atoms with Gasteiger partial charge in [0.15, 0.2) is 0 Å². The number of rotatable bonds is 5. The summed E-state index contributed by atoms with van der Waals surface area (Å²) in [5.41, 5.74) is 1.60.